The number of anilines is 2. The van der Waals surface area contributed by atoms with Crippen LogP contribution >= 0.6 is 0 Å². The van der Waals surface area contributed by atoms with E-state index < -0.39 is 16.1 Å². The Kier molecular flexibility index (Phi) is 3.97. The van der Waals surface area contributed by atoms with Gasteiger partial charge in [0.2, 0.25) is 15.9 Å². The number of sulfonamides is 1. The number of H-pyrrole nitrogens is 1. The molecular formula is C16H19N5O3S. The molecule has 0 spiro atoms. The molecule has 8 nitrogen and oxygen atoms in total. The molecule has 3 N–H and O–H groups in total. The van der Waals surface area contributed by atoms with E-state index in [4.69, 9.17) is 0 Å². The molecule has 1 aromatic carbocycles. The van der Waals surface area contributed by atoms with Gasteiger partial charge in [0.05, 0.1) is 23.3 Å². The van der Waals surface area contributed by atoms with Crippen molar-refractivity contribution in [2.75, 3.05) is 21.9 Å². The zero-order valence-electron chi connectivity index (χ0n) is 13.5. The highest BCUT2D eigenvalue weighted by molar-refractivity contribution is 7.92. The number of nitrogens with one attached hydrogen (secondary N) is 3. The third kappa shape index (κ3) is 3.00. The molecule has 132 valence electrons. The van der Waals surface area contributed by atoms with Crippen molar-refractivity contribution in [3.05, 3.63) is 41.7 Å². The number of rotatable bonds is 3. The van der Waals surface area contributed by atoms with Crippen LogP contribution < -0.4 is 14.9 Å². The lowest BCUT2D eigenvalue weighted by Crippen LogP contribution is -2.37. The van der Waals surface area contributed by atoms with Crippen LogP contribution in [0.4, 0.5) is 11.4 Å². The van der Waals surface area contributed by atoms with Gasteiger partial charge >= 0.3 is 0 Å². The molecule has 0 aliphatic carbocycles. The number of carbonyl (C=O) groups excluding carboxylic acids is 1. The van der Waals surface area contributed by atoms with Crippen molar-refractivity contribution in [2.24, 2.45) is 0 Å². The molecule has 1 atom stereocenters. The van der Waals surface area contributed by atoms with Gasteiger partial charge in [-0.25, -0.2) is 8.42 Å². The number of aromatic amines is 1. The van der Waals surface area contributed by atoms with Crippen molar-refractivity contribution in [1.29, 1.82) is 0 Å². The molecule has 2 aliphatic heterocycles. The van der Waals surface area contributed by atoms with E-state index in [0.717, 1.165) is 17.7 Å². The van der Waals surface area contributed by atoms with E-state index in [0.29, 0.717) is 30.9 Å². The summed E-state index contributed by atoms with van der Waals surface area (Å²) in [6.07, 6.45) is 3.18. The number of hydrogen-bond acceptors (Lipinski definition) is 5. The summed E-state index contributed by atoms with van der Waals surface area (Å²) >= 11 is 0. The molecule has 4 rings (SSSR count). The minimum absolute atomic E-state index is 0.166. The Balaban J connectivity index is 1.53. The van der Waals surface area contributed by atoms with Crippen LogP contribution in [0, 0.1) is 0 Å². The summed E-state index contributed by atoms with van der Waals surface area (Å²) in [7, 11) is -3.27. The maximum absolute atomic E-state index is 12.5. The fourth-order valence-electron chi connectivity index (χ4n) is 3.29. The van der Waals surface area contributed by atoms with Gasteiger partial charge in [-0.1, -0.05) is 6.07 Å². The van der Waals surface area contributed by atoms with E-state index in [2.05, 4.69) is 20.8 Å². The molecule has 0 bridgehead atoms. The summed E-state index contributed by atoms with van der Waals surface area (Å²) < 4.78 is 25.9. The van der Waals surface area contributed by atoms with Gasteiger partial charge in [0.1, 0.15) is 6.04 Å². The van der Waals surface area contributed by atoms with Crippen LogP contribution in [0.5, 0.6) is 0 Å². The van der Waals surface area contributed by atoms with Crippen molar-refractivity contribution >= 4 is 27.3 Å². The molecule has 0 saturated carbocycles. The second-order valence-corrected chi connectivity index (χ2v) is 8.27. The topological polar surface area (TPSA) is 107 Å². The number of benzene rings is 1. The third-order valence-electron chi connectivity index (χ3n) is 4.56. The zero-order chi connectivity index (χ0) is 17.4. The van der Waals surface area contributed by atoms with Gasteiger partial charge in [0.25, 0.3) is 0 Å². The molecular weight excluding hydrogens is 342 g/mol. The van der Waals surface area contributed by atoms with E-state index in [1.807, 2.05) is 0 Å². The Morgan fingerprint density at radius 1 is 1.32 bits per heavy atom. The molecule has 0 radical (unpaired) electrons. The normalized spacial score (nSPS) is 21.8. The van der Waals surface area contributed by atoms with Gasteiger partial charge in [0.15, 0.2) is 0 Å². The smallest absolute Gasteiger partial charge is 0.246 e. The lowest BCUT2D eigenvalue weighted by molar-refractivity contribution is -0.118. The molecule has 2 aromatic rings. The maximum Gasteiger partial charge on any atom is 0.246 e. The number of carbonyl (C=O) groups is 1. The van der Waals surface area contributed by atoms with Gasteiger partial charge in [-0.3, -0.25) is 19.5 Å². The van der Waals surface area contributed by atoms with Gasteiger partial charge in [-0.2, -0.15) is 5.10 Å². The molecule has 1 saturated heterocycles. The van der Waals surface area contributed by atoms with E-state index in [9.17, 15) is 13.2 Å². The molecule has 9 heteroatoms. The molecule has 1 aromatic heterocycles. The van der Waals surface area contributed by atoms with Crippen LogP contribution in [0.1, 0.15) is 30.1 Å². The molecule has 2 aliphatic rings. The average Bonchev–Trinajstić information content (AvgIpc) is 3.17. The molecule has 25 heavy (non-hydrogen) atoms. The van der Waals surface area contributed by atoms with Crippen LogP contribution in [0.2, 0.25) is 0 Å². The first-order valence-electron chi connectivity index (χ1n) is 8.21. The van der Waals surface area contributed by atoms with E-state index in [-0.39, 0.29) is 11.7 Å². The second-order valence-electron chi connectivity index (χ2n) is 6.25. The van der Waals surface area contributed by atoms with Gasteiger partial charge in [-0.15, -0.1) is 0 Å². The summed E-state index contributed by atoms with van der Waals surface area (Å²) in [5.41, 5.74) is 2.91. The lowest BCUT2D eigenvalue weighted by atomic mass is 10.1. The van der Waals surface area contributed by atoms with Crippen LogP contribution in [0.25, 0.3) is 0 Å². The predicted molar refractivity (Wildman–Crippen MR) is 93.6 cm³/mol. The standard InChI is InChI=1S/C16H19N5O3S/c22-16(15-13-9-18-20-14(13)10-17-15)19-11-4-3-5-12(8-11)21-6-1-2-7-25(21,23)24/h3-5,8-9,15,17H,1-2,6-7,10H2,(H,18,20)(H,19,22). The average molecular weight is 361 g/mol. The number of amides is 1. The van der Waals surface area contributed by atoms with Gasteiger partial charge < -0.3 is 5.32 Å². The van der Waals surface area contributed by atoms with Crippen molar-refractivity contribution in [2.45, 2.75) is 25.4 Å². The lowest BCUT2D eigenvalue weighted by Gasteiger charge is -2.28. The van der Waals surface area contributed by atoms with E-state index in [1.165, 1.54) is 4.31 Å². The summed E-state index contributed by atoms with van der Waals surface area (Å²) in [6, 6.07) is 6.49. The Hall–Kier alpha value is -2.39. The first-order chi connectivity index (χ1) is 12.0. The van der Waals surface area contributed by atoms with Crippen LogP contribution in [-0.4, -0.2) is 36.8 Å². The van der Waals surface area contributed by atoms with Crippen LogP contribution in [0.15, 0.2) is 30.5 Å². The Morgan fingerprint density at radius 3 is 3.04 bits per heavy atom. The minimum atomic E-state index is -3.27. The first-order valence-corrected chi connectivity index (χ1v) is 9.82. The summed E-state index contributed by atoms with van der Waals surface area (Å²) in [5.74, 6) is -0.0300. The molecule has 1 fully saturated rings. The largest absolute Gasteiger partial charge is 0.324 e. The van der Waals surface area contributed by atoms with Crippen molar-refractivity contribution in [3.8, 4) is 0 Å². The number of hydrogen-bond donors (Lipinski definition) is 3. The zero-order valence-corrected chi connectivity index (χ0v) is 14.3. The summed E-state index contributed by atoms with van der Waals surface area (Å²) in [4.78, 5) is 12.5. The van der Waals surface area contributed by atoms with E-state index in [1.54, 1.807) is 30.5 Å². The Labute approximate surface area is 145 Å². The van der Waals surface area contributed by atoms with Gasteiger partial charge in [0, 0.05) is 24.3 Å². The number of aromatic nitrogens is 2. The minimum Gasteiger partial charge on any atom is -0.324 e. The van der Waals surface area contributed by atoms with Crippen LogP contribution in [-0.2, 0) is 21.4 Å². The Morgan fingerprint density at radius 2 is 2.20 bits per heavy atom. The third-order valence-corrected chi connectivity index (χ3v) is 6.43. The highest BCUT2D eigenvalue weighted by Crippen LogP contribution is 2.28. The summed E-state index contributed by atoms with van der Waals surface area (Å²) in [5, 5.41) is 12.8. The highest BCUT2D eigenvalue weighted by atomic mass is 32.2. The van der Waals surface area contributed by atoms with Crippen molar-refractivity contribution < 1.29 is 13.2 Å². The fraction of sp³-hybridized carbons (Fsp3) is 0.375. The van der Waals surface area contributed by atoms with Gasteiger partial charge in [-0.05, 0) is 31.0 Å². The van der Waals surface area contributed by atoms with Crippen LogP contribution in [0.3, 0.4) is 0 Å². The monoisotopic (exact) mass is 361 g/mol. The highest BCUT2D eigenvalue weighted by Gasteiger charge is 2.30. The SMILES string of the molecule is O=C(Nc1cccc(N2CCCCS2(=O)=O)c1)C1NCc2[nH]ncc21. The maximum atomic E-state index is 12.5. The second kappa shape index (κ2) is 6.16. The van der Waals surface area contributed by atoms with Crippen molar-refractivity contribution in [3.63, 3.8) is 0 Å². The molecule has 1 unspecified atom stereocenters. The molecule has 3 heterocycles. The predicted octanol–water partition coefficient (Wildman–Crippen LogP) is 1.12. The van der Waals surface area contributed by atoms with E-state index >= 15 is 0 Å². The molecule has 1 amide bonds. The Bertz CT molecular complexity index is 908. The number of nitrogens with zero attached hydrogens (tertiary/aromatic N) is 2. The number of fused-ring (bicyclic) bond motifs is 1. The summed E-state index contributed by atoms with van der Waals surface area (Å²) in [6.45, 7) is 1.04. The van der Waals surface area contributed by atoms with Crippen molar-refractivity contribution in [1.82, 2.24) is 15.5 Å². The quantitative estimate of drug-likeness (QED) is 0.759. The first kappa shape index (κ1) is 16.1. The fourth-order valence-corrected chi connectivity index (χ4v) is 4.92.